The van der Waals surface area contributed by atoms with E-state index in [1.165, 1.54) is 32.3 Å². The second kappa shape index (κ2) is 10.3. The Morgan fingerprint density at radius 2 is 1.76 bits per heavy atom. The van der Waals surface area contributed by atoms with Crippen molar-refractivity contribution in [1.29, 1.82) is 0 Å². The number of nitrogens with zero attached hydrogens (tertiary/aromatic N) is 2. The van der Waals surface area contributed by atoms with Gasteiger partial charge in [0, 0.05) is 23.1 Å². The maximum absolute atomic E-state index is 13.6. The van der Waals surface area contributed by atoms with E-state index >= 15 is 0 Å². The number of aryl methyl sites for hydroxylation is 1. The van der Waals surface area contributed by atoms with Gasteiger partial charge in [-0.3, -0.25) is 14.9 Å². The summed E-state index contributed by atoms with van der Waals surface area (Å²) in [5, 5.41) is 2.54. The van der Waals surface area contributed by atoms with E-state index in [0.717, 1.165) is 17.1 Å². The van der Waals surface area contributed by atoms with Gasteiger partial charge in [-0.1, -0.05) is 6.07 Å². The molecule has 0 bridgehead atoms. The molecule has 1 aromatic heterocycles. The summed E-state index contributed by atoms with van der Waals surface area (Å²) in [5.74, 6) is -0.735. The summed E-state index contributed by atoms with van der Waals surface area (Å²) in [6, 6.07) is 13.8. The topological polar surface area (TPSA) is 99.1 Å². The van der Waals surface area contributed by atoms with Crippen LogP contribution in [0, 0.1) is 13.8 Å². The molecule has 3 aromatic rings. The summed E-state index contributed by atoms with van der Waals surface area (Å²) in [5.41, 5.74) is 3.71. The molecule has 0 aliphatic carbocycles. The van der Waals surface area contributed by atoms with Crippen LogP contribution in [0.3, 0.4) is 0 Å². The van der Waals surface area contributed by atoms with Crippen molar-refractivity contribution < 1.29 is 28.6 Å². The molecule has 1 aliphatic heterocycles. The minimum Gasteiger partial charge on any atom is -0.497 e. The molecule has 0 atom stereocenters. The van der Waals surface area contributed by atoms with Crippen LogP contribution in [0.25, 0.3) is 11.8 Å². The van der Waals surface area contributed by atoms with Crippen molar-refractivity contribution in [3.8, 4) is 17.2 Å². The quantitative estimate of drug-likeness (QED) is 0.229. The Morgan fingerprint density at radius 3 is 2.43 bits per heavy atom. The van der Waals surface area contributed by atoms with Crippen LogP contribution in [0.4, 0.5) is 5.69 Å². The molecule has 0 spiro atoms. The van der Waals surface area contributed by atoms with Gasteiger partial charge in [-0.15, -0.1) is 0 Å². The number of methoxy groups -OCH3 is 3. The van der Waals surface area contributed by atoms with E-state index in [1.807, 2.05) is 30.5 Å². The van der Waals surface area contributed by atoms with Crippen LogP contribution in [-0.4, -0.2) is 48.8 Å². The number of benzene rings is 2. The lowest BCUT2D eigenvalue weighted by Crippen LogP contribution is -2.54. The van der Waals surface area contributed by atoms with E-state index in [1.54, 1.807) is 36.4 Å². The van der Waals surface area contributed by atoms with Gasteiger partial charge in [0.15, 0.2) is 5.11 Å². The number of esters is 1. The lowest BCUT2D eigenvalue weighted by molar-refractivity contribution is -0.122. The molecule has 1 N–H and O–H groups in total. The Bertz CT molecular complexity index is 1470. The Balaban J connectivity index is 1.76. The van der Waals surface area contributed by atoms with E-state index in [0.29, 0.717) is 28.3 Å². The van der Waals surface area contributed by atoms with E-state index in [-0.39, 0.29) is 10.7 Å². The number of carbonyl (C=O) groups is 3. The third-order valence-electron chi connectivity index (χ3n) is 6.03. The zero-order chi connectivity index (χ0) is 26.9. The van der Waals surface area contributed by atoms with Gasteiger partial charge in [0.05, 0.1) is 32.6 Å². The molecule has 2 aromatic carbocycles. The summed E-state index contributed by atoms with van der Waals surface area (Å²) < 4.78 is 17.4. The molecule has 4 rings (SSSR count). The zero-order valence-corrected chi connectivity index (χ0v) is 21.8. The standard InChI is InChI=1S/C27H25N3O6S/c1-15-11-18(16(2)29(15)19-8-6-7-17(12-19)26(33)36-5)13-21-24(31)28-27(37)30(25(21)32)22-10-9-20(34-3)14-23(22)35-4/h6-14H,1-5H3,(H,28,31,37)/b21-13+. The highest BCUT2D eigenvalue weighted by Gasteiger charge is 2.36. The van der Waals surface area contributed by atoms with E-state index < -0.39 is 17.8 Å². The average molecular weight is 520 g/mol. The van der Waals surface area contributed by atoms with Crippen LogP contribution >= 0.6 is 12.2 Å². The van der Waals surface area contributed by atoms with Crippen molar-refractivity contribution in [1.82, 2.24) is 9.88 Å². The number of hydrogen-bond acceptors (Lipinski definition) is 7. The van der Waals surface area contributed by atoms with Crippen molar-refractivity contribution in [3.63, 3.8) is 0 Å². The van der Waals surface area contributed by atoms with Gasteiger partial charge in [-0.2, -0.15) is 0 Å². The van der Waals surface area contributed by atoms with Crippen molar-refractivity contribution in [2.24, 2.45) is 0 Å². The van der Waals surface area contributed by atoms with Gasteiger partial charge in [-0.05, 0) is 74.1 Å². The molecule has 1 saturated heterocycles. The van der Waals surface area contributed by atoms with Crippen LogP contribution in [0.5, 0.6) is 11.5 Å². The molecule has 2 amide bonds. The number of aromatic nitrogens is 1. The molecule has 37 heavy (non-hydrogen) atoms. The van der Waals surface area contributed by atoms with Crippen molar-refractivity contribution in [2.45, 2.75) is 13.8 Å². The molecule has 1 fully saturated rings. The largest absolute Gasteiger partial charge is 0.497 e. The van der Waals surface area contributed by atoms with E-state index in [9.17, 15) is 14.4 Å². The van der Waals surface area contributed by atoms with Gasteiger partial charge in [0.25, 0.3) is 11.8 Å². The number of amides is 2. The first-order valence-electron chi connectivity index (χ1n) is 11.2. The average Bonchev–Trinajstić information content (AvgIpc) is 3.18. The van der Waals surface area contributed by atoms with Crippen LogP contribution < -0.4 is 19.7 Å². The Kier molecular flexibility index (Phi) is 7.12. The summed E-state index contributed by atoms with van der Waals surface area (Å²) in [4.78, 5) is 39.6. The second-order valence-electron chi connectivity index (χ2n) is 8.20. The predicted molar refractivity (Wildman–Crippen MR) is 142 cm³/mol. The molecule has 0 unspecified atom stereocenters. The summed E-state index contributed by atoms with van der Waals surface area (Å²) in [6.07, 6.45) is 1.53. The molecular weight excluding hydrogens is 494 g/mol. The maximum Gasteiger partial charge on any atom is 0.337 e. The fourth-order valence-electron chi connectivity index (χ4n) is 4.22. The first-order chi connectivity index (χ1) is 17.7. The first kappa shape index (κ1) is 25.6. The summed E-state index contributed by atoms with van der Waals surface area (Å²) in [6.45, 7) is 3.76. The highest BCUT2D eigenvalue weighted by molar-refractivity contribution is 7.80. The molecule has 2 heterocycles. The number of anilines is 1. The smallest absolute Gasteiger partial charge is 0.337 e. The number of hydrogen-bond donors (Lipinski definition) is 1. The minimum absolute atomic E-state index is 0.0549. The Hall–Kier alpha value is -4.44. The normalized spacial score (nSPS) is 14.6. The highest BCUT2D eigenvalue weighted by atomic mass is 32.1. The molecule has 0 radical (unpaired) electrons. The minimum atomic E-state index is -0.601. The molecule has 10 heteroatoms. The number of ether oxygens (including phenoxy) is 3. The lowest BCUT2D eigenvalue weighted by atomic mass is 10.1. The monoisotopic (exact) mass is 519 g/mol. The van der Waals surface area contributed by atoms with Gasteiger partial charge < -0.3 is 18.8 Å². The highest BCUT2D eigenvalue weighted by Crippen LogP contribution is 2.34. The van der Waals surface area contributed by atoms with Crippen LogP contribution in [0.15, 0.2) is 54.1 Å². The van der Waals surface area contributed by atoms with Crippen molar-refractivity contribution in [2.75, 3.05) is 26.2 Å². The van der Waals surface area contributed by atoms with Crippen LogP contribution in [0.1, 0.15) is 27.3 Å². The van der Waals surface area contributed by atoms with Crippen molar-refractivity contribution in [3.05, 3.63) is 76.6 Å². The Morgan fingerprint density at radius 1 is 1.00 bits per heavy atom. The number of thiocarbonyl (C=S) groups is 1. The van der Waals surface area contributed by atoms with Gasteiger partial charge >= 0.3 is 5.97 Å². The SMILES string of the molecule is COC(=O)c1cccc(-n2c(C)cc(/C=C3\C(=O)NC(=S)N(c4ccc(OC)cc4OC)C3=O)c2C)c1. The molecule has 190 valence electrons. The zero-order valence-electron chi connectivity index (χ0n) is 20.9. The molecule has 0 saturated carbocycles. The molecule has 1 aliphatic rings. The molecule has 9 nitrogen and oxygen atoms in total. The number of rotatable bonds is 6. The van der Waals surface area contributed by atoms with Crippen LogP contribution in [-0.2, 0) is 14.3 Å². The van der Waals surface area contributed by atoms with Gasteiger partial charge in [0.2, 0.25) is 0 Å². The predicted octanol–water partition coefficient (Wildman–Crippen LogP) is 3.73. The number of nitrogens with one attached hydrogen (secondary N) is 1. The third kappa shape index (κ3) is 4.70. The summed E-state index contributed by atoms with van der Waals surface area (Å²) in [7, 11) is 4.32. The van der Waals surface area contributed by atoms with Gasteiger partial charge in [0.1, 0.15) is 17.1 Å². The molecular formula is C27H25N3O6S. The second-order valence-corrected chi connectivity index (χ2v) is 8.59. The maximum atomic E-state index is 13.6. The fraction of sp³-hybridized carbons (Fsp3) is 0.185. The third-order valence-corrected chi connectivity index (χ3v) is 6.31. The Labute approximate surface area is 219 Å². The van der Waals surface area contributed by atoms with Gasteiger partial charge in [-0.25, -0.2) is 9.69 Å². The van der Waals surface area contributed by atoms with Crippen molar-refractivity contribution >= 4 is 46.9 Å². The summed E-state index contributed by atoms with van der Waals surface area (Å²) >= 11 is 5.32. The number of carbonyl (C=O) groups excluding carboxylic acids is 3. The lowest BCUT2D eigenvalue weighted by Gasteiger charge is -2.30. The van der Waals surface area contributed by atoms with E-state index in [2.05, 4.69) is 5.32 Å². The van der Waals surface area contributed by atoms with Crippen LogP contribution in [0.2, 0.25) is 0 Å². The fourth-order valence-corrected chi connectivity index (χ4v) is 4.50. The first-order valence-corrected chi connectivity index (χ1v) is 11.6. The van der Waals surface area contributed by atoms with E-state index in [4.69, 9.17) is 26.4 Å².